The number of nitrogens with one attached hydrogen (secondary N) is 2. The van der Waals surface area contributed by atoms with Crippen molar-refractivity contribution in [3.8, 4) is 0 Å². The Kier molecular flexibility index (Phi) is 3.79. The lowest BCUT2D eigenvalue weighted by Crippen LogP contribution is -2.12. The lowest BCUT2D eigenvalue weighted by Gasteiger charge is -2.05. The van der Waals surface area contributed by atoms with Crippen molar-refractivity contribution in [2.75, 3.05) is 10.6 Å². The van der Waals surface area contributed by atoms with Gasteiger partial charge in [-0.15, -0.1) is 0 Å². The molecule has 15 heavy (non-hydrogen) atoms. The number of pyridine rings is 1. The summed E-state index contributed by atoms with van der Waals surface area (Å²) in [4.78, 5) is 25.9. The van der Waals surface area contributed by atoms with Crippen LogP contribution in [0.25, 0.3) is 0 Å². The summed E-state index contributed by atoms with van der Waals surface area (Å²) < 4.78 is 0. The predicted octanol–water partition coefficient (Wildman–Crippen LogP) is 1.39. The first-order valence-corrected chi connectivity index (χ1v) is 4.66. The molecule has 1 aromatic heterocycles. The van der Waals surface area contributed by atoms with Crippen LogP contribution in [0, 0.1) is 0 Å². The van der Waals surface area contributed by atoms with Gasteiger partial charge in [0.1, 0.15) is 11.6 Å². The number of aromatic nitrogens is 1. The zero-order valence-corrected chi connectivity index (χ0v) is 8.70. The highest BCUT2D eigenvalue weighted by Crippen LogP contribution is 2.09. The Bertz CT molecular complexity index is 377. The molecule has 0 saturated heterocycles. The van der Waals surface area contributed by atoms with Crippen molar-refractivity contribution >= 4 is 23.5 Å². The molecule has 1 aromatic rings. The van der Waals surface area contributed by atoms with Crippen LogP contribution in [-0.2, 0) is 9.59 Å². The van der Waals surface area contributed by atoms with Crippen LogP contribution in [0.5, 0.6) is 0 Å². The maximum absolute atomic E-state index is 11.1. The molecule has 1 heterocycles. The van der Waals surface area contributed by atoms with Crippen molar-refractivity contribution in [2.24, 2.45) is 0 Å². The number of anilines is 2. The Morgan fingerprint density at radius 1 is 1.27 bits per heavy atom. The number of amides is 2. The minimum Gasteiger partial charge on any atom is -0.311 e. The van der Waals surface area contributed by atoms with Crippen molar-refractivity contribution < 1.29 is 9.59 Å². The van der Waals surface area contributed by atoms with Gasteiger partial charge in [0.2, 0.25) is 11.8 Å². The van der Waals surface area contributed by atoms with Crippen LogP contribution in [0.2, 0.25) is 0 Å². The van der Waals surface area contributed by atoms with Gasteiger partial charge in [-0.3, -0.25) is 9.59 Å². The van der Waals surface area contributed by atoms with Gasteiger partial charge in [-0.25, -0.2) is 4.98 Å². The van der Waals surface area contributed by atoms with Gasteiger partial charge < -0.3 is 10.6 Å². The Balaban J connectivity index is 2.74. The molecule has 0 fully saturated rings. The minimum atomic E-state index is -0.193. The van der Waals surface area contributed by atoms with Crippen molar-refractivity contribution in [3.05, 3.63) is 18.2 Å². The molecular formula is C10H13N3O2. The monoisotopic (exact) mass is 207 g/mol. The van der Waals surface area contributed by atoms with E-state index in [9.17, 15) is 9.59 Å². The molecule has 0 bridgehead atoms. The van der Waals surface area contributed by atoms with E-state index in [1.54, 1.807) is 25.1 Å². The predicted molar refractivity (Wildman–Crippen MR) is 57.5 cm³/mol. The lowest BCUT2D eigenvalue weighted by atomic mass is 10.4. The molecule has 0 aromatic carbocycles. The summed E-state index contributed by atoms with van der Waals surface area (Å²) in [5.74, 6) is 0.563. The fraction of sp³-hybridized carbons (Fsp3) is 0.300. The molecule has 1 rings (SSSR count). The molecule has 0 spiro atoms. The molecule has 5 heteroatoms. The molecule has 2 amide bonds. The van der Waals surface area contributed by atoms with E-state index >= 15 is 0 Å². The van der Waals surface area contributed by atoms with E-state index in [4.69, 9.17) is 0 Å². The Labute approximate surface area is 87.9 Å². The first kappa shape index (κ1) is 11.2. The minimum absolute atomic E-state index is 0.109. The van der Waals surface area contributed by atoms with Crippen LogP contribution in [0.3, 0.4) is 0 Å². The number of nitrogens with zero attached hydrogens (tertiary/aromatic N) is 1. The summed E-state index contributed by atoms with van der Waals surface area (Å²) in [5.41, 5.74) is 0. The summed E-state index contributed by atoms with van der Waals surface area (Å²) in [6.45, 7) is 3.16. The summed E-state index contributed by atoms with van der Waals surface area (Å²) in [5, 5.41) is 5.14. The average molecular weight is 207 g/mol. The van der Waals surface area contributed by atoms with E-state index in [2.05, 4.69) is 15.6 Å². The quantitative estimate of drug-likeness (QED) is 0.786. The van der Waals surface area contributed by atoms with Gasteiger partial charge in [-0.2, -0.15) is 0 Å². The first-order valence-electron chi connectivity index (χ1n) is 4.66. The summed E-state index contributed by atoms with van der Waals surface area (Å²) >= 11 is 0. The van der Waals surface area contributed by atoms with Gasteiger partial charge in [-0.1, -0.05) is 13.0 Å². The van der Waals surface area contributed by atoms with Crippen LogP contribution in [0.15, 0.2) is 18.2 Å². The van der Waals surface area contributed by atoms with E-state index in [0.717, 1.165) is 0 Å². The highest BCUT2D eigenvalue weighted by Gasteiger charge is 2.01. The zero-order valence-electron chi connectivity index (χ0n) is 8.70. The lowest BCUT2D eigenvalue weighted by molar-refractivity contribution is -0.116. The number of hydrogen-bond acceptors (Lipinski definition) is 3. The largest absolute Gasteiger partial charge is 0.311 e. The van der Waals surface area contributed by atoms with E-state index in [1.807, 2.05) is 0 Å². The van der Waals surface area contributed by atoms with Gasteiger partial charge in [-0.05, 0) is 12.1 Å². The smallest absolute Gasteiger partial charge is 0.225 e. The molecule has 5 nitrogen and oxygen atoms in total. The topological polar surface area (TPSA) is 71.1 Å². The van der Waals surface area contributed by atoms with Gasteiger partial charge in [0, 0.05) is 13.3 Å². The molecule has 0 aliphatic carbocycles. The maximum atomic E-state index is 11.1. The molecule has 0 radical (unpaired) electrons. The molecule has 2 N–H and O–H groups in total. The van der Waals surface area contributed by atoms with Crippen molar-refractivity contribution in [1.82, 2.24) is 4.98 Å². The summed E-state index contributed by atoms with van der Waals surface area (Å²) in [6, 6.07) is 5.03. The first-order chi connectivity index (χ1) is 7.11. The molecule has 0 aliphatic heterocycles. The fourth-order valence-corrected chi connectivity index (χ4v) is 0.986. The molecular weight excluding hydrogens is 194 g/mol. The van der Waals surface area contributed by atoms with E-state index in [0.29, 0.717) is 18.1 Å². The van der Waals surface area contributed by atoms with E-state index < -0.39 is 0 Å². The molecule has 0 aliphatic rings. The second-order valence-electron chi connectivity index (χ2n) is 2.99. The average Bonchev–Trinajstić information content (AvgIpc) is 2.17. The highest BCUT2D eigenvalue weighted by atomic mass is 16.2. The third-order valence-electron chi connectivity index (χ3n) is 1.64. The van der Waals surface area contributed by atoms with Crippen molar-refractivity contribution in [1.29, 1.82) is 0 Å². The summed E-state index contributed by atoms with van der Waals surface area (Å²) in [6.07, 6.45) is 0.395. The van der Waals surface area contributed by atoms with Crippen molar-refractivity contribution in [3.63, 3.8) is 0 Å². The molecule has 80 valence electrons. The molecule has 0 atom stereocenters. The summed E-state index contributed by atoms with van der Waals surface area (Å²) in [7, 11) is 0. The van der Waals surface area contributed by atoms with Crippen LogP contribution >= 0.6 is 0 Å². The van der Waals surface area contributed by atoms with Gasteiger partial charge >= 0.3 is 0 Å². The highest BCUT2D eigenvalue weighted by molar-refractivity contribution is 5.90. The SMILES string of the molecule is CCC(=O)Nc1cccc(NC(C)=O)n1. The number of carbonyl (C=O) groups is 2. The Hall–Kier alpha value is -1.91. The molecule has 0 saturated carbocycles. The number of carbonyl (C=O) groups excluding carboxylic acids is 2. The van der Waals surface area contributed by atoms with Gasteiger partial charge in [0.15, 0.2) is 0 Å². The fourth-order valence-electron chi connectivity index (χ4n) is 0.986. The van der Waals surface area contributed by atoms with Crippen LogP contribution in [0.4, 0.5) is 11.6 Å². The van der Waals surface area contributed by atoms with Crippen LogP contribution < -0.4 is 10.6 Å². The Morgan fingerprint density at radius 3 is 2.40 bits per heavy atom. The maximum Gasteiger partial charge on any atom is 0.225 e. The standard InChI is InChI=1S/C10H13N3O2/c1-3-10(15)13-9-6-4-5-8(12-9)11-7(2)14/h4-6H,3H2,1-2H3,(H2,11,12,13,14,15). The zero-order chi connectivity index (χ0) is 11.3. The molecule has 0 unspecified atom stereocenters. The van der Waals surface area contributed by atoms with Gasteiger partial charge in [0.05, 0.1) is 0 Å². The van der Waals surface area contributed by atoms with Gasteiger partial charge in [0.25, 0.3) is 0 Å². The number of hydrogen-bond donors (Lipinski definition) is 2. The second-order valence-corrected chi connectivity index (χ2v) is 2.99. The van der Waals surface area contributed by atoms with E-state index in [1.165, 1.54) is 6.92 Å². The Morgan fingerprint density at radius 2 is 1.87 bits per heavy atom. The second kappa shape index (κ2) is 5.09. The van der Waals surface area contributed by atoms with Crippen LogP contribution in [-0.4, -0.2) is 16.8 Å². The third kappa shape index (κ3) is 3.76. The number of rotatable bonds is 3. The third-order valence-corrected chi connectivity index (χ3v) is 1.64. The van der Waals surface area contributed by atoms with E-state index in [-0.39, 0.29) is 11.8 Å². The normalized spacial score (nSPS) is 9.47. The van der Waals surface area contributed by atoms with Crippen molar-refractivity contribution in [2.45, 2.75) is 20.3 Å². The van der Waals surface area contributed by atoms with Crippen LogP contribution in [0.1, 0.15) is 20.3 Å².